The normalized spacial score (nSPS) is 12.5. The van der Waals surface area contributed by atoms with E-state index in [4.69, 9.17) is 0 Å². The second-order valence-corrected chi connectivity index (χ2v) is 4.91. The van der Waals surface area contributed by atoms with E-state index < -0.39 is 0 Å². The summed E-state index contributed by atoms with van der Waals surface area (Å²) in [6.07, 6.45) is 3.65. The predicted octanol–water partition coefficient (Wildman–Crippen LogP) is 3.25. The van der Waals surface area contributed by atoms with Crippen molar-refractivity contribution >= 4 is 10.8 Å². The van der Waals surface area contributed by atoms with Crippen molar-refractivity contribution in [1.29, 1.82) is 0 Å². The molecule has 0 saturated carbocycles. The van der Waals surface area contributed by atoms with Gasteiger partial charge in [-0.3, -0.25) is 9.97 Å². The molecular formula is C17H17N3. The van der Waals surface area contributed by atoms with Crippen LogP contribution in [0, 0.1) is 6.92 Å². The van der Waals surface area contributed by atoms with Gasteiger partial charge in [0.15, 0.2) is 0 Å². The summed E-state index contributed by atoms with van der Waals surface area (Å²) in [6.45, 7) is 1.95. The molecule has 1 atom stereocenters. The maximum Gasteiger partial charge on any atom is 0.0801 e. The number of hydrogen-bond donors (Lipinski definition) is 1. The Morgan fingerprint density at radius 1 is 0.950 bits per heavy atom. The zero-order valence-electron chi connectivity index (χ0n) is 11.7. The second-order valence-electron chi connectivity index (χ2n) is 4.91. The Bertz CT molecular complexity index is 720. The summed E-state index contributed by atoms with van der Waals surface area (Å²) in [5.74, 6) is 0. The minimum atomic E-state index is 0.0627. The molecule has 1 N–H and O–H groups in total. The van der Waals surface area contributed by atoms with Crippen LogP contribution in [0.2, 0.25) is 0 Å². The maximum absolute atomic E-state index is 4.48. The van der Waals surface area contributed by atoms with E-state index >= 15 is 0 Å². The van der Waals surface area contributed by atoms with Crippen LogP contribution in [-0.2, 0) is 0 Å². The van der Waals surface area contributed by atoms with E-state index in [2.05, 4.69) is 57.7 Å². The molecule has 100 valence electrons. The van der Waals surface area contributed by atoms with E-state index in [-0.39, 0.29) is 6.04 Å². The first-order chi connectivity index (χ1) is 9.78. The third kappa shape index (κ3) is 2.40. The second kappa shape index (κ2) is 5.39. The number of nitrogens with one attached hydrogen (secondary N) is 1. The van der Waals surface area contributed by atoms with Crippen molar-refractivity contribution in [2.75, 3.05) is 7.05 Å². The van der Waals surface area contributed by atoms with Crippen LogP contribution in [0.5, 0.6) is 0 Å². The van der Waals surface area contributed by atoms with Crippen molar-refractivity contribution in [2.24, 2.45) is 0 Å². The fraction of sp³-hybridized carbons (Fsp3) is 0.176. The van der Waals surface area contributed by atoms with Crippen LogP contribution in [0.1, 0.15) is 23.0 Å². The average molecular weight is 263 g/mol. The molecule has 0 radical (unpaired) electrons. The number of aromatic nitrogens is 2. The Morgan fingerprint density at radius 3 is 2.45 bits per heavy atom. The summed E-state index contributed by atoms with van der Waals surface area (Å²) >= 11 is 0. The highest BCUT2D eigenvalue weighted by Gasteiger charge is 2.13. The molecule has 0 bridgehead atoms. The average Bonchev–Trinajstić information content (AvgIpc) is 2.50. The lowest BCUT2D eigenvalue weighted by Crippen LogP contribution is -2.19. The summed E-state index contributed by atoms with van der Waals surface area (Å²) in [5.41, 5.74) is 3.07. The lowest BCUT2D eigenvalue weighted by Gasteiger charge is -2.16. The molecule has 1 heterocycles. The molecule has 3 aromatic rings. The molecule has 0 aliphatic heterocycles. The Morgan fingerprint density at radius 2 is 1.75 bits per heavy atom. The van der Waals surface area contributed by atoms with Crippen LogP contribution in [-0.4, -0.2) is 17.0 Å². The van der Waals surface area contributed by atoms with Crippen molar-refractivity contribution < 1.29 is 0 Å². The van der Waals surface area contributed by atoms with Gasteiger partial charge in [-0.1, -0.05) is 36.4 Å². The summed E-state index contributed by atoms with van der Waals surface area (Å²) in [7, 11) is 1.95. The van der Waals surface area contributed by atoms with Gasteiger partial charge in [-0.25, -0.2) is 0 Å². The largest absolute Gasteiger partial charge is 0.308 e. The summed E-state index contributed by atoms with van der Waals surface area (Å²) in [6, 6.07) is 14.9. The molecule has 1 aromatic heterocycles. The van der Waals surface area contributed by atoms with Gasteiger partial charge >= 0.3 is 0 Å². The third-order valence-corrected chi connectivity index (χ3v) is 3.49. The predicted molar refractivity (Wildman–Crippen MR) is 81.6 cm³/mol. The Hall–Kier alpha value is -2.26. The number of fused-ring (bicyclic) bond motifs is 1. The quantitative estimate of drug-likeness (QED) is 0.788. The minimum Gasteiger partial charge on any atom is -0.308 e. The van der Waals surface area contributed by atoms with Crippen molar-refractivity contribution in [3.8, 4) is 0 Å². The molecule has 0 saturated heterocycles. The first-order valence-electron chi connectivity index (χ1n) is 6.72. The highest BCUT2D eigenvalue weighted by Crippen LogP contribution is 2.23. The van der Waals surface area contributed by atoms with Crippen molar-refractivity contribution in [2.45, 2.75) is 13.0 Å². The molecule has 2 aromatic carbocycles. The van der Waals surface area contributed by atoms with Gasteiger partial charge in [0, 0.05) is 6.20 Å². The van der Waals surface area contributed by atoms with E-state index in [9.17, 15) is 0 Å². The van der Waals surface area contributed by atoms with E-state index in [1.807, 2.05) is 20.2 Å². The van der Waals surface area contributed by atoms with E-state index in [1.54, 1.807) is 6.20 Å². The van der Waals surface area contributed by atoms with E-state index in [1.165, 1.54) is 16.3 Å². The zero-order valence-corrected chi connectivity index (χ0v) is 11.7. The van der Waals surface area contributed by atoms with Gasteiger partial charge in [0.05, 0.1) is 23.6 Å². The van der Waals surface area contributed by atoms with Gasteiger partial charge < -0.3 is 5.32 Å². The van der Waals surface area contributed by atoms with Gasteiger partial charge in [0.25, 0.3) is 0 Å². The van der Waals surface area contributed by atoms with Crippen molar-refractivity contribution in [3.05, 3.63) is 71.8 Å². The first kappa shape index (κ1) is 12.8. The SMILES string of the molecule is CNC(c1ccc2ccccc2c1)c1cnc(C)cn1. The number of rotatable bonds is 3. The lowest BCUT2D eigenvalue weighted by molar-refractivity contribution is 0.666. The standard InChI is InChI=1S/C17H17N3/c1-12-10-20-16(11-19-12)17(18-2)15-8-7-13-5-3-4-6-14(13)9-15/h3-11,17-18H,1-2H3. The number of hydrogen-bond acceptors (Lipinski definition) is 3. The van der Waals surface area contributed by atoms with Crippen LogP contribution >= 0.6 is 0 Å². The van der Waals surface area contributed by atoms with Crippen molar-refractivity contribution in [1.82, 2.24) is 15.3 Å². The molecule has 20 heavy (non-hydrogen) atoms. The third-order valence-electron chi connectivity index (χ3n) is 3.49. The van der Waals surface area contributed by atoms with Gasteiger partial charge in [0.2, 0.25) is 0 Å². The molecule has 0 spiro atoms. The Labute approximate surface area is 118 Å². The van der Waals surface area contributed by atoms with Crippen LogP contribution in [0.25, 0.3) is 10.8 Å². The monoisotopic (exact) mass is 263 g/mol. The lowest BCUT2D eigenvalue weighted by atomic mass is 10.00. The van der Waals surface area contributed by atoms with Crippen LogP contribution in [0.15, 0.2) is 54.9 Å². The van der Waals surface area contributed by atoms with Crippen LogP contribution in [0.4, 0.5) is 0 Å². The van der Waals surface area contributed by atoms with Gasteiger partial charge in [0.1, 0.15) is 0 Å². The summed E-state index contributed by atoms with van der Waals surface area (Å²) in [4.78, 5) is 8.81. The maximum atomic E-state index is 4.48. The topological polar surface area (TPSA) is 37.8 Å². The zero-order chi connectivity index (χ0) is 13.9. The van der Waals surface area contributed by atoms with Crippen LogP contribution < -0.4 is 5.32 Å². The van der Waals surface area contributed by atoms with E-state index in [0.29, 0.717) is 0 Å². The molecule has 0 aliphatic rings. The molecule has 1 unspecified atom stereocenters. The molecule has 3 rings (SSSR count). The molecule has 0 amide bonds. The number of nitrogens with zero attached hydrogens (tertiary/aromatic N) is 2. The smallest absolute Gasteiger partial charge is 0.0801 e. The number of benzene rings is 2. The number of aryl methyl sites for hydroxylation is 1. The molecule has 0 fully saturated rings. The van der Waals surface area contributed by atoms with Crippen molar-refractivity contribution in [3.63, 3.8) is 0 Å². The van der Waals surface area contributed by atoms with Gasteiger partial charge in [-0.15, -0.1) is 0 Å². The summed E-state index contributed by atoms with van der Waals surface area (Å²) in [5, 5.41) is 5.81. The Balaban J connectivity index is 2.04. The molecule has 3 nitrogen and oxygen atoms in total. The first-order valence-corrected chi connectivity index (χ1v) is 6.72. The van der Waals surface area contributed by atoms with Gasteiger partial charge in [-0.2, -0.15) is 0 Å². The fourth-order valence-electron chi connectivity index (χ4n) is 2.42. The molecular weight excluding hydrogens is 246 g/mol. The summed E-state index contributed by atoms with van der Waals surface area (Å²) < 4.78 is 0. The van der Waals surface area contributed by atoms with E-state index in [0.717, 1.165) is 11.4 Å². The fourth-order valence-corrected chi connectivity index (χ4v) is 2.42. The van der Waals surface area contributed by atoms with Gasteiger partial charge in [-0.05, 0) is 36.4 Å². The Kier molecular flexibility index (Phi) is 3.44. The molecule has 3 heteroatoms. The highest BCUT2D eigenvalue weighted by atomic mass is 14.9. The molecule has 0 aliphatic carbocycles. The minimum absolute atomic E-state index is 0.0627. The van der Waals surface area contributed by atoms with Crippen LogP contribution in [0.3, 0.4) is 0 Å². The highest BCUT2D eigenvalue weighted by molar-refractivity contribution is 5.83.